The molecule has 0 radical (unpaired) electrons. The van der Waals surface area contributed by atoms with Crippen LogP contribution in [-0.2, 0) is 5.60 Å². The first-order valence-electron chi connectivity index (χ1n) is 8.81. The van der Waals surface area contributed by atoms with E-state index in [2.05, 4.69) is 15.1 Å². The summed E-state index contributed by atoms with van der Waals surface area (Å²) in [5.41, 5.74) is -0.326. The molecule has 1 fully saturated rings. The SMILES string of the molecule is CC(CO)n1c(=O)c2c(-c3noc(C4(O)CC4)n3)ncn2c2ccc(F)cc21. The highest BCUT2D eigenvalue weighted by Gasteiger charge is 2.48. The van der Waals surface area contributed by atoms with E-state index in [0.29, 0.717) is 23.9 Å². The van der Waals surface area contributed by atoms with Gasteiger partial charge in [-0.3, -0.25) is 13.8 Å². The van der Waals surface area contributed by atoms with Crippen molar-refractivity contribution in [3.63, 3.8) is 0 Å². The first-order valence-corrected chi connectivity index (χ1v) is 8.81. The zero-order chi connectivity index (χ0) is 19.6. The monoisotopic (exact) mass is 385 g/mol. The lowest BCUT2D eigenvalue weighted by Crippen LogP contribution is -2.27. The Hall–Kier alpha value is -3.11. The third-order valence-electron chi connectivity index (χ3n) is 5.11. The van der Waals surface area contributed by atoms with Gasteiger partial charge in [0.1, 0.15) is 29.0 Å². The molecule has 10 heteroatoms. The first kappa shape index (κ1) is 17.0. The van der Waals surface area contributed by atoms with Crippen LogP contribution in [0.5, 0.6) is 0 Å². The molecule has 1 aromatic carbocycles. The number of benzene rings is 1. The second-order valence-corrected chi connectivity index (χ2v) is 7.11. The molecule has 0 spiro atoms. The van der Waals surface area contributed by atoms with Crippen molar-refractivity contribution in [2.24, 2.45) is 0 Å². The molecular weight excluding hydrogens is 369 g/mol. The molecule has 0 saturated heterocycles. The highest BCUT2D eigenvalue weighted by molar-refractivity contribution is 5.83. The predicted octanol–water partition coefficient (Wildman–Crippen LogP) is 1.37. The Labute approximate surface area is 156 Å². The Morgan fingerprint density at radius 3 is 2.86 bits per heavy atom. The Balaban J connectivity index is 1.83. The number of hydrogen-bond acceptors (Lipinski definition) is 7. The van der Waals surface area contributed by atoms with Crippen molar-refractivity contribution >= 4 is 16.6 Å². The second-order valence-electron chi connectivity index (χ2n) is 7.11. The zero-order valence-electron chi connectivity index (χ0n) is 14.8. The number of hydrogen-bond donors (Lipinski definition) is 2. The van der Waals surface area contributed by atoms with Gasteiger partial charge >= 0.3 is 0 Å². The minimum atomic E-state index is -1.10. The van der Waals surface area contributed by atoms with E-state index in [0.717, 1.165) is 0 Å². The van der Waals surface area contributed by atoms with E-state index in [9.17, 15) is 19.4 Å². The van der Waals surface area contributed by atoms with Crippen LogP contribution in [-0.4, -0.2) is 40.9 Å². The maximum Gasteiger partial charge on any atom is 0.278 e. The fourth-order valence-corrected chi connectivity index (χ4v) is 3.38. The van der Waals surface area contributed by atoms with E-state index in [-0.39, 0.29) is 29.5 Å². The molecule has 1 unspecified atom stereocenters. The smallest absolute Gasteiger partial charge is 0.278 e. The van der Waals surface area contributed by atoms with E-state index in [1.54, 1.807) is 6.92 Å². The van der Waals surface area contributed by atoms with E-state index in [1.807, 2.05) is 0 Å². The van der Waals surface area contributed by atoms with Gasteiger partial charge in [0.25, 0.3) is 11.4 Å². The number of fused-ring (bicyclic) bond motifs is 3. The van der Waals surface area contributed by atoms with E-state index < -0.39 is 23.0 Å². The van der Waals surface area contributed by atoms with Gasteiger partial charge in [-0.1, -0.05) is 5.16 Å². The number of aromatic nitrogens is 5. The van der Waals surface area contributed by atoms with Crippen LogP contribution in [0.4, 0.5) is 4.39 Å². The summed E-state index contributed by atoms with van der Waals surface area (Å²) in [6.07, 6.45) is 2.51. The number of imidazole rings is 1. The van der Waals surface area contributed by atoms with E-state index in [4.69, 9.17) is 4.52 Å². The largest absolute Gasteiger partial charge is 0.394 e. The van der Waals surface area contributed by atoms with Gasteiger partial charge in [0.05, 0.1) is 23.7 Å². The van der Waals surface area contributed by atoms with Gasteiger partial charge in [-0.15, -0.1) is 0 Å². The maximum atomic E-state index is 13.8. The van der Waals surface area contributed by atoms with Crippen molar-refractivity contribution in [1.82, 2.24) is 24.1 Å². The van der Waals surface area contributed by atoms with Gasteiger partial charge in [0.2, 0.25) is 5.82 Å². The fourth-order valence-electron chi connectivity index (χ4n) is 3.38. The molecule has 0 amide bonds. The molecule has 3 aromatic heterocycles. The molecule has 0 aliphatic heterocycles. The summed E-state index contributed by atoms with van der Waals surface area (Å²) in [7, 11) is 0. The normalized spacial score (nSPS) is 16.7. The Morgan fingerprint density at radius 2 is 2.14 bits per heavy atom. The summed E-state index contributed by atoms with van der Waals surface area (Å²) >= 11 is 0. The Morgan fingerprint density at radius 1 is 1.36 bits per heavy atom. The van der Waals surface area contributed by atoms with Crippen LogP contribution in [0.25, 0.3) is 28.1 Å². The van der Waals surface area contributed by atoms with Crippen molar-refractivity contribution in [2.75, 3.05) is 6.61 Å². The van der Waals surface area contributed by atoms with Crippen LogP contribution in [0.15, 0.2) is 33.8 Å². The van der Waals surface area contributed by atoms with E-state index >= 15 is 0 Å². The lowest BCUT2D eigenvalue weighted by atomic mass is 10.2. The average Bonchev–Trinajstić information content (AvgIpc) is 3.11. The summed E-state index contributed by atoms with van der Waals surface area (Å²) in [5.74, 6) is -0.318. The highest BCUT2D eigenvalue weighted by Crippen LogP contribution is 2.44. The molecule has 3 heterocycles. The highest BCUT2D eigenvalue weighted by atomic mass is 19.1. The second kappa shape index (κ2) is 5.69. The van der Waals surface area contributed by atoms with Crippen LogP contribution < -0.4 is 5.56 Å². The minimum absolute atomic E-state index is 0.0830. The summed E-state index contributed by atoms with van der Waals surface area (Å²) in [6.45, 7) is 1.36. The number of aliphatic hydroxyl groups is 2. The number of aliphatic hydroxyl groups excluding tert-OH is 1. The molecule has 5 rings (SSSR count). The molecule has 2 N–H and O–H groups in total. The molecule has 9 nitrogen and oxygen atoms in total. The van der Waals surface area contributed by atoms with Gasteiger partial charge in [0.15, 0.2) is 0 Å². The summed E-state index contributed by atoms with van der Waals surface area (Å²) in [6, 6.07) is 3.49. The predicted molar refractivity (Wildman–Crippen MR) is 95.1 cm³/mol. The molecule has 1 atom stereocenters. The van der Waals surface area contributed by atoms with E-state index in [1.165, 1.54) is 33.5 Å². The molecule has 28 heavy (non-hydrogen) atoms. The molecule has 1 aliphatic rings. The Kier molecular flexibility index (Phi) is 3.46. The van der Waals surface area contributed by atoms with Gasteiger partial charge < -0.3 is 14.7 Å². The van der Waals surface area contributed by atoms with Crippen LogP contribution in [0.2, 0.25) is 0 Å². The van der Waals surface area contributed by atoms with Crippen LogP contribution in [0.3, 0.4) is 0 Å². The molecular formula is C18H16FN5O4. The van der Waals surface area contributed by atoms with Gasteiger partial charge in [0, 0.05) is 0 Å². The van der Waals surface area contributed by atoms with Crippen LogP contribution in [0.1, 0.15) is 31.7 Å². The lowest BCUT2D eigenvalue weighted by molar-refractivity contribution is 0.108. The van der Waals surface area contributed by atoms with Crippen molar-refractivity contribution in [2.45, 2.75) is 31.4 Å². The molecule has 0 bridgehead atoms. The lowest BCUT2D eigenvalue weighted by Gasteiger charge is -2.17. The van der Waals surface area contributed by atoms with Crippen LogP contribution >= 0.6 is 0 Å². The maximum absolute atomic E-state index is 13.8. The van der Waals surface area contributed by atoms with Crippen molar-refractivity contribution in [1.29, 1.82) is 0 Å². The number of halogens is 1. The molecule has 1 saturated carbocycles. The summed E-state index contributed by atoms with van der Waals surface area (Å²) < 4.78 is 21.9. The van der Waals surface area contributed by atoms with Gasteiger partial charge in [-0.05, 0) is 38.0 Å². The first-order chi connectivity index (χ1) is 13.4. The topological polar surface area (TPSA) is 119 Å². The van der Waals surface area contributed by atoms with Gasteiger partial charge in [-0.25, -0.2) is 9.37 Å². The van der Waals surface area contributed by atoms with Crippen LogP contribution in [0, 0.1) is 5.82 Å². The summed E-state index contributed by atoms with van der Waals surface area (Å²) in [4.78, 5) is 21.7. The average molecular weight is 385 g/mol. The van der Waals surface area contributed by atoms with Gasteiger partial charge in [-0.2, -0.15) is 4.98 Å². The zero-order valence-corrected chi connectivity index (χ0v) is 14.8. The molecule has 4 aromatic rings. The fraction of sp³-hybridized carbons (Fsp3) is 0.333. The number of nitrogens with zero attached hydrogens (tertiary/aromatic N) is 5. The standard InChI is InChI=1S/C18H16FN5O4/c1-9(7-25)24-12-6-10(19)2-3-11(12)23-8-20-13(14(23)16(24)26)15-21-17(28-22-15)18(27)4-5-18/h2-3,6,8-9,25,27H,4-5,7H2,1H3. The summed E-state index contributed by atoms with van der Waals surface area (Å²) in [5, 5.41) is 23.6. The van der Waals surface area contributed by atoms with Crippen molar-refractivity contribution in [3.05, 3.63) is 46.6 Å². The third-order valence-corrected chi connectivity index (χ3v) is 5.11. The molecule has 1 aliphatic carbocycles. The van der Waals surface area contributed by atoms with Crippen molar-refractivity contribution < 1.29 is 19.1 Å². The quantitative estimate of drug-likeness (QED) is 0.545. The number of rotatable bonds is 4. The minimum Gasteiger partial charge on any atom is -0.394 e. The van der Waals surface area contributed by atoms with Crippen molar-refractivity contribution in [3.8, 4) is 11.5 Å². The molecule has 144 valence electrons. The third kappa shape index (κ3) is 2.31. The Bertz CT molecular complexity index is 1290.